The van der Waals surface area contributed by atoms with Gasteiger partial charge in [0.15, 0.2) is 0 Å². The number of benzene rings is 2. The molecule has 0 fully saturated rings. The average molecular weight is 348 g/mol. The Balaban J connectivity index is 1.73. The molecule has 3 rings (SSSR count). The molecule has 0 aromatic heterocycles. The zero-order valence-electron chi connectivity index (χ0n) is 12.2. The lowest BCUT2D eigenvalue weighted by atomic mass is 10.1. The minimum Gasteiger partial charge on any atom is -0.497 e. The van der Waals surface area contributed by atoms with Crippen LogP contribution in [0.3, 0.4) is 0 Å². The molecule has 110 valence electrons. The minimum absolute atomic E-state index is 0.899. The van der Waals surface area contributed by atoms with E-state index in [1.165, 1.54) is 16.7 Å². The van der Waals surface area contributed by atoms with E-state index in [2.05, 4.69) is 39.0 Å². The standard InChI is InChI=1S/C17H18BrNO2/c1-20-14-6-3-12(4-7-14)9-19-10-13-5-8-16(21-2)17(18)15(13)11-19/h3-8H,9-11H2,1-2H3. The maximum atomic E-state index is 5.37. The predicted octanol–water partition coefficient (Wildman–Crippen LogP) is 3.98. The molecule has 1 heterocycles. The lowest BCUT2D eigenvalue weighted by Crippen LogP contribution is -2.15. The molecular weight excluding hydrogens is 330 g/mol. The van der Waals surface area contributed by atoms with E-state index in [1.807, 2.05) is 18.2 Å². The van der Waals surface area contributed by atoms with Crippen LogP contribution in [0, 0.1) is 0 Å². The van der Waals surface area contributed by atoms with Crippen LogP contribution in [0.4, 0.5) is 0 Å². The highest BCUT2D eigenvalue weighted by Gasteiger charge is 2.23. The highest BCUT2D eigenvalue weighted by molar-refractivity contribution is 9.10. The van der Waals surface area contributed by atoms with Crippen LogP contribution in [0.2, 0.25) is 0 Å². The van der Waals surface area contributed by atoms with E-state index in [1.54, 1.807) is 14.2 Å². The first-order chi connectivity index (χ1) is 10.2. The van der Waals surface area contributed by atoms with Gasteiger partial charge in [0.1, 0.15) is 11.5 Å². The van der Waals surface area contributed by atoms with E-state index < -0.39 is 0 Å². The molecule has 0 amide bonds. The lowest BCUT2D eigenvalue weighted by molar-refractivity contribution is 0.275. The number of hydrogen-bond donors (Lipinski definition) is 0. The highest BCUT2D eigenvalue weighted by atomic mass is 79.9. The quantitative estimate of drug-likeness (QED) is 0.834. The summed E-state index contributed by atoms with van der Waals surface area (Å²) in [5.74, 6) is 1.80. The number of methoxy groups -OCH3 is 2. The number of ether oxygens (including phenoxy) is 2. The summed E-state index contributed by atoms with van der Waals surface area (Å²) in [6, 6.07) is 12.5. The lowest BCUT2D eigenvalue weighted by Gasteiger charge is -2.15. The summed E-state index contributed by atoms with van der Waals surface area (Å²) >= 11 is 3.66. The fraction of sp³-hybridized carbons (Fsp3) is 0.294. The van der Waals surface area contributed by atoms with Gasteiger partial charge in [-0.15, -0.1) is 0 Å². The molecule has 3 nitrogen and oxygen atoms in total. The summed E-state index contributed by atoms with van der Waals surface area (Å²) in [4.78, 5) is 2.43. The molecule has 21 heavy (non-hydrogen) atoms. The third-order valence-electron chi connectivity index (χ3n) is 3.87. The SMILES string of the molecule is COc1ccc(CN2Cc3ccc(OC)c(Br)c3C2)cc1. The highest BCUT2D eigenvalue weighted by Crippen LogP contribution is 2.36. The number of rotatable bonds is 4. The first-order valence-corrected chi connectivity index (χ1v) is 7.70. The van der Waals surface area contributed by atoms with Crippen molar-refractivity contribution in [3.8, 4) is 11.5 Å². The first kappa shape index (κ1) is 14.4. The van der Waals surface area contributed by atoms with Crippen LogP contribution in [0.5, 0.6) is 11.5 Å². The topological polar surface area (TPSA) is 21.7 Å². The fourth-order valence-electron chi connectivity index (χ4n) is 2.74. The second kappa shape index (κ2) is 6.08. The first-order valence-electron chi connectivity index (χ1n) is 6.91. The molecule has 0 saturated heterocycles. The molecule has 2 aromatic carbocycles. The molecule has 0 unspecified atom stereocenters. The van der Waals surface area contributed by atoms with E-state index >= 15 is 0 Å². The van der Waals surface area contributed by atoms with Crippen LogP contribution in [0.15, 0.2) is 40.9 Å². The van der Waals surface area contributed by atoms with Gasteiger partial charge in [-0.05, 0) is 50.8 Å². The Hall–Kier alpha value is -1.52. The van der Waals surface area contributed by atoms with Crippen LogP contribution >= 0.6 is 15.9 Å². The molecule has 1 aliphatic heterocycles. The normalized spacial score (nSPS) is 14.0. The minimum atomic E-state index is 0.899. The molecule has 0 spiro atoms. The molecule has 0 N–H and O–H groups in total. The molecule has 0 radical (unpaired) electrons. The van der Waals surface area contributed by atoms with Crippen LogP contribution in [0.25, 0.3) is 0 Å². The Labute approximate surface area is 133 Å². The number of hydrogen-bond acceptors (Lipinski definition) is 3. The summed E-state index contributed by atoms with van der Waals surface area (Å²) < 4.78 is 11.7. The third kappa shape index (κ3) is 2.92. The Morgan fingerprint density at radius 1 is 1.00 bits per heavy atom. The Bertz CT molecular complexity index is 640. The van der Waals surface area contributed by atoms with Gasteiger partial charge in [-0.2, -0.15) is 0 Å². The summed E-state index contributed by atoms with van der Waals surface area (Å²) in [5, 5.41) is 0. The van der Waals surface area contributed by atoms with Crippen molar-refractivity contribution < 1.29 is 9.47 Å². The van der Waals surface area contributed by atoms with Crippen molar-refractivity contribution in [1.82, 2.24) is 4.90 Å². The van der Waals surface area contributed by atoms with Gasteiger partial charge in [0, 0.05) is 19.6 Å². The van der Waals surface area contributed by atoms with Crippen LogP contribution < -0.4 is 9.47 Å². The predicted molar refractivity (Wildman–Crippen MR) is 86.6 cm³/mol. The molecule has 0 atom stereocenters. The maximum absolute atomic E-state index is 5.37. The number of halogens is 1. The Kier molecular flexibility index (Phi) is 4.17. The van der Waals surface area contributed by atoms with Gasteiger partial charge in [-0.1, -0.05) is 18.2 Å². The maximum Gasteiger partial charge on any atom is 0.133 e. The Morgan fingerprint density at radius 3 is 2.43 bits per heavy atom. The van der Waals surface area contributed by atoms with E-state index in [0.717, 1.165) is 35.6 Å². The van der Waals surface area contributed by atoms with Crippen molar-refractivity contribution >= 4 is 15.9 Å². The second-order valence-corrected chi connectivity index (χ2v) is 6.01. The molecule has 2 aromatic rings. The zero-order chi connectivity index (χ0) is 14.8. The Morgan fingerprint density at radius 2 is 1.76 bits per heavy atom. The van der Waals surface area contributed by atoms with Gasteiger partial charge >= 0.3 is 0 Å². The largest absolute Gasteiger partial charge is 0.497 e. The summed E-state index contributed by atoms with van der Waals surface area (Å²) in [6.45, 7) is 2.86. The molecule has 0 aliphatic carbocycles. The van der Waals surface area contributed by atoms with E-state index in [9.17, 15) is 0 Å². The summed E-state index contributed by atoms with van der Waals surface area (Å²) in [6.07, 6.45) is 0. The van der Waals surface area contributed by atoms with Gasteiger partial charge in [0.25, 0.3) is 0 Å². The van der Waals surface area contributed by atoms with Crippen molar-refractivity contribution in [2.24, 2.45) is 0 Å². The third-order valence-corrected chi connectivity index (χ3v) is 4.74. The van der Waals surface area contributed by atoms with Gasteiger partial charge in [0.2, 0.25) is 0 Å². The van der Waals surface area contributed by atoms with Gasteiger partial charge < -0.3 is 9.47 Å². The van der Waals surface area contributed by atoms with E-state index in [4.69, 9.17) is 9.47 Å². The second-order valence-electron chi connectivity index (χ2n) is 5.21. The van der Waals surface area contributed by atoms with Crippen molar-refractivity contribution in [3.63, 3.8) is 0 Å². The van der Waals surface area contributed by atoms with E-state index in [0.29, 0.717) is 0 Å². The number of nitrogens with zero attached hydrogens (tertiary/aromatic N) is 1. The molecule has 4 heteroatoms. The molecule has 0 saturated carbocycles. The summed E-state index contributed by atoms with van der Waals surface area (Å²) in [5.41, 5.74) is 4.01. The van der Waals surface area contributed by atoms with Gasteiger partial charge in [0.05, 0.1) is 18.7 Å². The molecule has 1 aliphatic rings. The van der Waals surface area contributed by atoms with Gasteiger partial charge in [-0.25, -0.2) is 0 Å². The molecular formula is C17H18BrNO2. The summed E-state index contributed by atoms with van der Waals surface area (Å²) in [7, 11) is 3.40. The van der Waals surface area contributed by atoms with Crippen molar-refractivity contribution in [2.75, 3.05) is 14.2 Å². The average Bonchev–Trinajstić information content (AvgIpc) is 2.92. The fourth-order valence-corrected chi connectivity index (χ4v) is 3.41. The van der Waals surface area contributed by atoms with Crippen LogP contribution in [0.1, 0.15) is 16.7 Å². The zero-order valence-corrected chi connectivity index (χ0v) is 13.8. The monoisotopic (exact) mass is 347 g/mol. The smallest absolute Gasteiger partial charge is 0.133 e. The molecule has 0 bridgehead atoms. The van der Waals surface area contributed by atoms with Crippen LogP contribution in [-0.2, 0) is 19.6 Å². The van der Waals surface area contributed by atoms with Crippen molar-refractivity contribution in [1.29, 1.82) is 0 Å². The van der Waals surface area contributed by atoms with Crippen LogP contribution in [-0.4, -0.2) is 19.1 Å². The van der Waals surface area contributed by atoms with Crippen molar-refractivity contribution in [2.45, 2.75) is 19.6 Å². The number of fused-ring (bicyclic) bond motifs is 1. The van der Waals surface area contributed by atoms with Gasteiger partial charge in [-0.3, -0.25) is 4.90 Å². The van der Waals surface area contributed by atoms with Crippen molar-refractivity contribution in [3.05, 3.63) is 57.6 Å². The van der Waals surface area contributed by atoms with E-state index in [-0.39, 0.29) is 0 Å².